The van der Waals surface area contributed by atoms with E-state index in [0.717, 1.165) is 37.6 Å². The van der Waals surface area contributed by atoms with Gasteiger partial charge in [-0.05, 0) is 5.56 Å². The van der Waals surface area contributed by atoms with Crippen molar-refractivity contribution in [3.63, 3.8) is 0 Å². The average molecular weight is 253 g/mol. The van der Waals surface area contributed by atoms with Crippen LogP contribution in [0.3, 0.4) is 0 Å². The molecule has 0 fully saturated rings. The maximum absolute atomic E-state index is 9.36. The van der Waals surface area contributed by atoms with E-state index >= 15 is 0 Å². The number of fused-ring (bicyclic) bond motifs is 1. The van der Waals surface area contributed by atoms with Crippen LogP contribution in [0.25, 0.3) is 0 Å². The molecule has 2 aromatic rings. The van der Waals surface area contributed by atoms with Crippen LogP contribution in [0.4, 0.5) is 0 Å². The molecule has 1 aromatic carbocycles. The molecular formula is C14H15N5. The lowest BCUT2D eigenvalue weighted by Gasteiger charge is -2.28. The number of hydrogen-bond donors (Lipinski definition) is 0. The first-order valence-electron chi connectivity index (χ1n) is 6.40. The standard InChI is InChI=1S/C14H15N5/c15-8-13(12-4-2-1-3-5-12)9-18-6-7-19-11-16-17-14(19)10-18/h1-5,11,13H,6-7,9-10H2. The summed E-state index contributed by atoms with van der Waals surface area (Å²) in [4.78, 5) is 2.27. The summed E-state index contributed by atoms with van der Waals surface area (Å²) in [6.45, 7) is 3.35. The number of hydrogen-bond acceptors (Lipinski definition) is 4. The zero-order chi connectivity index (χ0) is 13.1. The molecule has 0 bridgehead atoms. The van der Waals surface area contributed by atoms with Gasteiger partial charge in [0.2, 0.25) is 0 Å². The molecule has 0 radical (unpaired) electrons. The highest BCUT2D eigenvalue weighted by atomic mass is 15.3. The first-order chi connectivity index (χ1) is 9.36. The molecule has 1 aliphatic rings. The fourth-order valence-electron chi connectivity index (χ4n) is 2.44. The maximum Gasteiger partial charge on any atom is 0.147 e. The Labute approximate surface area is 112 Å². The van der Waals surface area contributed by atoms with Gasteiger partial charge in [-0.3, -0.25) is 4.90 Å². The summed E-state index contributed by atoms with van der Waals surface area (Å²) < 4.78 is 2.07. The van der Waals surface area contributed by atoms with Crippen molar-refractivity contribution in [3.8, 4) is 6.07 Å². The van der Waals surface area contributed by atoms with Crippen LogP contribution in [0.2, 0.25) is 0 Å². The highest BCUT2D eigenvalue weighted by Gasteiger charge is 2.21. The van der Waals surface area contributed by atoms with Crippen molar-refractivity contribution >= 4 is 0 Å². The van der Waals surface area contributed by atoms with E-state index in [1.54, 1.807) is 6.33 Å². The van der Waals surface area contributed by atoms with E-state index in [9.17, 15) is 5.26 Å². The minimum absolute atomic E-state index is 0.0873. The van der Waals surface area contributed by atoms with Crippen LogP contribution in [-0.4, -0.2) is 32.8 Å². The molecule has 3 rings (SSSR count). The summed E-state index contributed by atoms with van der Waals surface area (Å²) >= 11 is 0. The van der Waals surface area contributed by atoms with Crippen LogP contribution in [-0.2, 0) is 13.1 Å². The molecular weight excluding hydrogens is 238 g/mol. The summed E-state index contributed by atoms with van der Waals surface area (Å²) in [5, 5.41) is 17.4. The highest BCUT2D eigenvalue weighted by Crippen LogP contribution is 2.18. The quantitative estimate of drug-likeness (QED) is 0.829. The Hall–Kier alpha value is -2.19. The van der Waals surface area contributed by atoms with Crippen molar-refractivity contribution < 1.29 is 0 Å². The van der Waals surface area contributed by atoms with E-state index in [1.807, 2.05) is 30.3 Å². The maximum atomic E-state index is 9.36. The zero-order valence-corrected chi connectivity index (χ0v) is 10.6. The van der Waals surface area contributed by atoms with Crippen LogP contribution in [0.1, 0.15) is 17.3 Å². The molecule has 1 unspecified atom stereocenters. The number of benzene rings is 1. The monoisotopic (exact) mass is 253 g/mol. The molecule has 19 heavy (non-hydrogen) atoms. The predicted molar refractivity (Wildman–Crippen MR) is 70.1 cm³/mol. The van der Waals surface area contributed by atoms with Crippen LogP contribution in [0.5, 0.6) is 0 Å². The molecule has 96 valence electrons. The van der Waals surface area contributed by atoms with Gasteiger partial charge in [-0.15, -0.1) is 10.2 Å². The van der Waals surface area contributed by atoms with E-state index in [4.69, 9.17) is 0 Å². The fourth-order valence-corrected chi connectivity index (χ4v) is 2.44. The summed E-state index contributed by atoms with van der Waals surface area (Å²) in [5.41, 5.74) is 1.08. The van der Waals surface area contributed by atoms with Gasteiger partial charge in [0.15, 0.2) is 0 Å². The van der Waals surface area contributed by atoms with E-state index in [0.29, 0.717) is 0 Å². The Balaban J connectivity index is 1.70. The molecule has 0 amide bonds. The van der Waals surface area contributed by atoms with Gasteiger partial charge < -0.3 is 4.57 Å². The van der Waals surface area contributed by atoms with Crippen molar-refractivity contribution in [2.24, 2.45) is 0 Å². The van der Waals surface area contributed by atoms with Crippen LogP contribution >= 0.6 is 0 Å². The third-order valence-electron chi connectivity index (χ3n) is 3.52. The molecule has 5 nitrogen and oxygen atoms in total. The van der Waals surface area contributed by atoms with Gasteiger partial charge in [-0.25, -0.2) is 0 Å². The Morgan fingerprint density at radius 1 is 1.26 bits per heavy atom. The second-order valence-corrected chi connectivity index (χ2v) is 4.77. The molecule has 0 N–H and O–H groups in total. The lowest BCUT2D eigenvalue weighted by molar-refractivity contribution is 0.213. The highest BCUT2D eigenvalue weighted by molar-refractivity contribution is 5.25. The van der Waals surface area contributed by atoms with E-state index in [1.165, 1.54) is 0 Å². The zero-order valence-electron chi connectivity index (χ0n) is 10.6. The molecule has 2 heterocycles. The largest absolute Gasteiger partial charge is 0.315 e. The molecule has 1 atom stereocenters. The summed E-state index contributed by atoms with van der Waals surface area (Å²) in [6, 6.07) is 12.4. The fraction of sp³-hybridized carbons (Fsp3) is 0.357. The van der Waals surface area contributed by atoms with Crippen molar-refractivity contribution in [2.75, 3.05) is 13.1 Å². The van der Waals surface area contributed by atoms with Gasteiger partial charge in [-0.1, -0.05) is 30.3 Å². The molecule has 1 aliphatic heterocycles. The van der Waals surface area contributed by atoms with Gasteiger partial charge in [0.05, 0.1) is 18.5 Å². The average Bonchev–Trinajstić information content (AvgIpc) is 2.93. The lowest BCUT2D eigenvalue weighted by atomic mass is 10.00. The summed E-state index contributed by atoms with van der Waals surface area (Å²) in [7, 11) is 0. The molecule has 0 spiro atoms. The van der Waals surface area contributed by atoms with Crippen LogP contribution in [0.15, 0.2) is 36.7 Å². The van der Waals surface area contributed by atoms with Gasteiger partial charge in [-0.2, -0.15) is 5.26 Å². The van der Waals surface area contributed by atoms with Gasteiger partial charge >= 0.3 is 0 Å². The van der Waals surface area contributed by atoms with Crippen LogP contribution in [0, 0.1) is 11.3 Å². The van der Waals surface area contributed by atoms with E-state index in [-0.39, 0.29) is 5.92 Å². The first kappa shape index (κ1) is 11.9. The number of nitrogens with zero attached hydrogens (tertiary/aromatic N) is 5. The Morgan fingerprint density at radius 3 is 2.89 bits per heavy atom. The minimum Gasteiger partial charge on any atom is -0.315 e. The second-order valence-electron chi connectivity index (χ2n) is 4.77. The van der Waals surface area contributed by atoms with Gasteiger partial charge in [0, 0.05) is 19.6 Å². The van der Waals surface area contributed by atoms with E-state index in [2.05, 4.69) is 25.7 Å². The Morgan fingerprint density at radius 2 is 2.11 bits per heavy atom. The molecule has 5 heteroatoms. The van der Waals surface area contributed by atoms with Crippen molar-refractivity contribution in [2.45, 2.75) is 19.0 Å². The third-order valence-corrected chi connectivity index (χ3v) is 3.52. The van der Waals surface area contributed by atoms with Crippen molar-refractivity contribution in [1.29, 1.82) is 5.26 Å². The normalized spacial score (nSPS) is 16.6. The minimum atomic E-state index is -0.0873. The molecule has 1 aromatic heterocycles. The number of rotatable bonds is 3. The molecule has 0 aliphatic carbocycles. The van der Waals surface area contributed by atoms with Gasteiger partial charge in [0.25, 0.3) is 0 Å². The SMILES string of the molecule is N#CC(CN1CCn2cnnc2C1)c1ccccc1. The van der Waals surface area contributed by atoms with Crippen LogP contribution < -0.4 is 0 Å². The van der Waals surface area contributed by atoms with E-state index < -0.39 is 0 Å². The van der Waals surface area contributed by atoms with Crippen molar-refractivity contribution in [1.82, 2.24) is 19.7 Å². The topological polar surface area (TPSA) is 57.7 Å². The third kappa shape index (κ3) is 2.49. The first-order valence-corrected chi connectivity index (χ1v) is 6.40. The number of aromatic nitrogens is 3. The number of nitriles is 1. The summed E-state index contributed by atoms with van der Waals surface area (Å²) in [5.74, 6) is 0.895. The smallest absolute Gasteiger partial charge is 0.147 e. The predicted octanol–water partition coefficient (Wildman–Crippen LogP) is 1.40. The van der Waals surface area contributed by atoms with Crippen molar-refractivity contribution in [3.05, 3.63) is 48.0 Å². The second kappa shape index (κ2) is 5.21. The van der Waals surface area contributed by atoms with Gasteiger partial charge in [0.1, 0.15) is 12.2 Å². The Kier molecular flexibility index (Phi) is 3.25. The Bertz CT molecular complexity index is 583. The molecule has 0 saturated carbocycles. The summed E-state index contributed by atoms with van der Waals surface area (Å²) in [6.07, 6.45) is 1.77. The lowest BCUT2D eigenvalue weighted by Crippen LogP contribution is -2.36. The molecule has 0 saturated heterocycles.